The maximum Gasteiger partial charge on any atom is 0.315 e. The van der Waals surface area contributed by atoms with Crippen LogP contribution in [0.25, 0.3) is 10.8 Å². The monoisotopic (exact) mass is 299 g/mol. The molecule has 0 aliphatic carbocycles. The van der Waals surface area contributed by atoms with Gasteiger partial charge in [-0.2, -0.15) is 0 Å². The Labute approximate surface area is 130 Å². The van der Waals surface area contributed by atoms with Crippen LogP contribution in [0.4, 0.5) is 5.69 Å². The van der Waals surface area contributed by atoms with E-state index in [0.29, 0.717) is 13.0 Å². The van der Waals surface area contributed by atoms with Crippen LogP contribution in [-0.4, -0.2) is 33.0 Å². The summed E-state index contributed by atoms with van der Waals surface area (Å²) in [5, 5.41) is 2.26. The van der Waals surface area contributed by atoms with Crippen molar-refractivity contribution in [3.63, 3.8) is 0 Å². The van der Waals surface area contributed by atoms with E-state index in [4.69, 9.17) is 9.47 Å². The molecule has 2 aromatic carbocycles. The van der Waals surface area contributed by atoms with Crippen molar-refractivity contribution in [3.05, 3.63) is 42.0 Å². The lowest BCUT2D eigenvalue weighted by Gasteiger charge is -2.18. The zero-order chi connectivity index (χ0) is 15.7. The van der Waals surface area contributed by atoms with Crippen molar-refractivity contribution < 1.29 is 14.3 Å². The molecule has 1 aliphatic rings. The Morgan fingerprint density at radius 1 is 1.18 bits per heavy atom. The van der Waals surface area contributed by atoms with Crippen LogP contribution in [0.3, 0.4) is 0 Å². The first-order chi connectivity index (χ1) is 10.6. The SMILES string of the molecule is CCO[C@H]1C[C@@H](c2ccc(N(C)C)c3ccccc23)C(=O)O1. The Bertz CT molecular complexity index is 696. The Kier molecular flexibility index (Phi) is 4.03. The third kappa shape index (κ3) is 2.55. The lowest BCUT2D eigenvalue weighted by atomic mass is 9.91. The quantitative estimate of drug-likeness (QED) is 0.812. The summed E-state index contributed by atoms with van der Waals surface area (Å²) in [6.45, 7) is 2.45. The van der Waals surface area contributed by atoms with E-state index in [1.165, 1.54) is 0 Å². The van der Waals surface area contributed by atoms with Gasteiger partial charge in [-0.15, -0.1) is 0 Å². The summed E-state index contributed by atoms with van der Waals surface area (Å²) in [4.78, 5) is 14.3. The summed E-state index contributed by atoms with van der Waals surface area (Å²) in [5.74, 6) is -0.445. The van der Waals surface area contributed by atoms with Crippen molar-refractivity contribution in [2.75, 3.05) is 25.6 Å². The van der Waals surface area contributed by atoms with Crippen molar-refractivity contribution in [2.24, 2.45) is 0 Å². The molecule has 0 unspecified atom stereocenters. The lowest BCUT2D eigenvalue weighted by Crippen LogP contribution is -2.11. The molecule has 0 amide bonds. The van der Waals surface area contributed by atoms with Crippen LogP contribution in [0.5, 0.6) is 0 Å². The van der Waals surface area contributed by atoms with E-state index in [1.54, 1.807) is 0 Å². The molecule has 0 aromatic heterocycles. The highest BCUT2D eigenvalue weighted by molar-refractivity contribution is 5.99. The summed E-state index contributed by atoms with van der Waals surface area (Å²) in [5.41, 5.74) is 2.17. The number of nitrogens with zero attached hydrogens (tertiary/aromatic N) is 1. The van der Waals surface area contributed by atoms with Crippen molar-refractivity contribution in [1.29, 1.82) is 0 Å². The number of cyclic esters (lactones) is 1. The predicted molar refractivity (Wildman–Crippen MR) is 87.1 cm³/mol. The van der Waals surface area contributed by atoms with Gasteiger partial charge in [0.05, 0.1) is 5.92 Å². The van der Waals surface area contributed by atoms with Crippen LogP contribution >= 0.6 is 0 Å². The number of benzene rings is 2. The molecule has 3 rings (SSSR count). The molecule has 0 saturated carbocycles. The molecule has 116 valence electrons. The van der Waals surface area contributed by atoms with E-state index >= 15 is 0 Å². The first-order valence-electron chi connectivity index (χ1n) is 7.63. The number of esters is 1. The van der Waals surface area contributed by atoms with Crippen LogP contribution < -0.4 is 4.90 Å². The van der Waals surface area contributed by atoms with Gasteiger partial charge in [0.25, 0.3) is 0 Å². The van der Waals surface area contributed by atoms with Crippen molar-refractivity contribution >= 4 is 22.4 Å². The molecule has 22 heavy (non-hydrogen) atoms. The number of anilines is 1. The van der Waals surface area contributed by atoms with Crippen LogP contribution in [0.1, 0.15) is 24.8 Å². The van der Waals surface area contributed by atoms with Crippen LogP contribution in [0.2, 0.25) is 0 Å². The second-order valence-corrected chi connectivity index (χ2v) is 5.72. The van der Waals surface area contributed by atoms with Gasteiger partial charge < -0.3 is 14.4 Å². The summed E-state index contributed by atoms with van der Waals surface area (Å²) in [6, 6.07) is 12.3. The average molecular weight is 299 g/mol. The molecule has 0 radical (unpaired) electrons. The second-order valence-electron chi connectivity index (χ2n) is 5.72. The Balaban J connectivity index is 2.05. The zero-order valence-electron chi connectivity index (χ0n) is 13.2. The van der Waals surface area contributed by atoms with Crippen LogP contribution in [0, 0.1) is 0 Å². The van der Waals surface area contributed by atoms with Gasteiger partial charge in [-0.1, -0.05) is 30.3 Å². The number of ether oxygens (including phenoxy) is 2. The minimum Gasteiger partial charge on any atom is -0.435 e. The molecule has 0 bridgehead atoms. The molecule has 1 saturated heterocycles. The van der Waals surface area contributed by atoms with Gasteiger partial charge >= 0.3 is 5.97 Å². The predicted octanol–water partition coefficient (Wildman–Crippen LogP) is 3.30. The minimum absolute atomic E-state index is 0.193. The molecule has 0 spiro atoms. The van der Waals surface area contributed by atoms with Crippen molar-refractivity contribution in [3.8, 4) is 0 Å². The first kappa shape index (κ1) is 14.9. The molecule has 1 heterocycles. The summed E-state index contributed by atoms with van der Waals surface area (Å²) in [6.07, 6.45) is 0.160. The van der Waals surface area contributed by atoms with Gasteiger partial charge in [0.2, 0.25) is 6.29 Å². The molecule has 4 nitrogen and oxygen atoms in total. The third-order valence-electron chi connectivity index (χ3n) is 4.10. The number of fused-ring (bicyclic) bond motifs is 1. The largest absolute Gasteiger partial charge is 0.435 e. The lowest BCUT2D eigenvalue weighted by molar-refractivity contribution is -0.161. The summed E-state index contributed by atoms with van der Waals surface area (Å²) in [7, 11) is 4.05. The van der Waals surface area contributed by atoms with Crippen molar-refractivity contribution in [2.45, 2.75) is 25.6 Å². The fraction of sp³-hybridized carbons (Fsp3) is 0.389. The van der Waals surface area contributed by atoms with Gasteiger partial charge in [0.1, 0.15) is 0 Å². The fourth-order valence-electron chi connectivity index (χ4n) is 3.09. The highest BCUT2D eigenvalue weighted by Gasteiger charge is 2.36. The maximum absolute atomic E-state index is 12.2. The number of carbonyl (C=O) groups is 1. The molecule has 2 atom stereocenters. The van der Waals surface area contributed by atoms with Gasteiger partial charge in [-0.25, -0.2) is 0 Å². The maximum atomic E-state index is 12.2. The van der Waals surface area contributed by atoms with Gasteiger partial charge in [-0.05, 0) is 23.9 Å². The second kappa shape index (κ2) is 5.97. The first-order valence-corrected chi connectivity index (χ1v) is 7.63. The zero-order valence-corrected chi connectivity index (χ0v) is 13.2. The van der Waals surface area contributed by atoms with Gasteiger partial charge in [0, 0.05) is 38.2 Å². The molecule has 1 fully saturated rings. The highest BCUT2D eigenvalue weighted by Crippen LogP contribution is 2.38. The smallest absolute Gasteiger partial charge is 0.315 e. The molecular weight excluding hydrogens is 278 g/mol. The van der Waals surface area contributed by atoms with E-state index in [0.717, 1.165) is 22.0 Å². The molecule has 0 N–H and O–H groups in total. The topological polar surface area (TPSA) is 38.8 Å². The van der Waals surface area contributed by atoms with E-state index in [9.17, 15) is 4.79 Å². The Morgan fingerprint density at radius 3 is 2.59 bits per heavy atom. The summed E-state index contributed by atoms with van der Waals surface area (Å²) < 4.78 is 10.8. The van der Waals surface area contributed by atoms with E-state index in [2.05, 4.69) is 23.1 Å². The van der Waals surface area contributed by atoms with E-state index in [1.807, 2.05) is 39.2 Å². The Morgan fingerprint density at radius 2 is 1.91 bits per heavy atom. The number of rotatable bonds is 4. The number of carbonyl (C=O) groups excluding carboxylic acids is 1. The highest BCUT2D eigenvalue weighted by atomic mass is 16.7. The average Bonchev–Trinajstić information content (AvgIpc) is 2.87. The Hall–Kier alpha value is -2.07. The van der Waals surface area contributed by atoms with E-state index in [-0.39, 0.29) is 11.9 Å². The van der Waals surface area contributed by atoms with Crippen LogP contribution in [0.15, 0.2) is 36.4 Å². The van der Waals surface area contributed by atoms with Crippen molar-refractivity contribution in [1.82, 2.24) is 0 Å². The molecule has 1 aliphatic heterocycles. The van der Waals surface area contributed by atoms with Gasteiger partial charge in [-0.3, -0.25) is 4.79 Å². The fourth-order valence-corrected chi connectivity index (χ4v) is 3.09. The minimum atomic E-state index is -0.421. The molecular formula is C18H21NO3. The molecule has 2 aromatic rings. The van der Waals surface area contributed by atoms with Crippen LogP contribution in [-0.2, 0) is 14.3 Å². The van der Waals surface area contributed by atoms with E-state index < -0.39 is 6.29 Å². The third-order valence-corrected chi connectivity index (χ3v) is 4.10. The standard InChI is InChI=1S/C18H21NO3/c1-4-21-17-11-15(18(20)22-17)13-9-10-16(19(2)3)14-8-6-5-7-12(13)14/h5-10,15,17H,4,11H2,1-3H3/t15-,17+/m0/s1. The normalized spacial score (nSPS) is 21.1. The number of hydrogen-bond acceptors (Lipinski definition) is 4. The molecule has 4 heteroatoms. The van der Waals surface area contributed by atoms with Gasteiger partial charge in [0.15, 0.2) is 0 Å². The number of hydrogen-bond donors (Lipinski definition) is 0. The summed E-state index contributed by atoms with van der Waals surface area (Å²) >= 11 is 0.